The van der Waals surface area contributed by atoms with Gasteiger partial charge in [-0.1, -0.05) is 6.07 Å². The molecule has 88 valence electrons. The molecule has 1 aromatic rings. The van der Waals surface area contributed by atoms with Crippen LogP contribution in [0, 0.1) is 0 Å². The Morgan fingerprint density at radius 1 is 1.24 bits per heavy atom. The lowest BCUT2D eigenvalue weighted by Gasteiger charge is -2.21. The lowest BCUT2D eigenvalue weighted by Crippen LogP contribution is -2.31. The predicted molar refractivity (Wildman–Crippen MR) is 77.1 cm³/mol. The van der Waals surface area contributed by atoms with Crippen molar-refractivity contribution in [2.24, 2.45) is 4.99 Å². The maximum Gasteiger partial charge on any atom is 0.209 e. The Morgan fingerprint density at radius 3 is 2.65 bits per heavy atom. The molecule has 2 heterocycles. The number of para-hydroxylation sites is 1. The molecular formula is C12H11Br2N3. The third kappa shape index (κ3) is 1.72. The molecule has 0 saturated heterocycles. The topological polar surface area (TPSA) is 18.8 Å². The van der Waals surface area contributed by atoms with Crippen LogP contribution in [0.1, 0.15) is 6.92 Å². The summed E-state index contributed by atoms with van der Waals surface area (Å²) in [6.45, 7) is 3.97. The van der Waals surface area contributed by atoms with Gasteiger partial charge in [-0.05, 0) is 50.9 Å². The second-order valence-corrected chi connectivity index (χ2v) is 5.75. The summed E-state index contributed by atoms with van der Waals surface area (Å²) in [6, 6.07) is 6.10. The van der Waals surface area contributed by atoms with E-state index in [4.69, 9.17) is 0 Å². The van der Waals surface area contributed by atoms with Crippen LogP contribution in [-0.2, 0) is 0 Å². The van der Waals surface area contributed by atoms with Gasteiger partial charge in [0.05, 0.1) is 12.2 Å². The van der Waals surface area contributed by atoms with Crippen LogP contribution in [0.15, 0.2) is 44.0 Å². The molecule has 2 aliphatic rings. The number of fused-ring (bicyclic) bond motifs is 1. The van der Waals surface area contributed by atoms with Gasteiger partial charge in [0.1, 0.15) is 0 Å². The Balaban J connectivity index is 2.11. The first kappa shape index (κ1) is 11.3. The largest absolute Gasteiger partial charge is 0.313 e. The van der Waals surface area contributed by atoms with Crippen LogP contribution in [0.4, 0.5) is 5.69 Å². The van der Waals surface area contributed by atoms with E-state index < -0.39 is 0 Å². The molecule has 0 fully saturated rings. The molecule has 0 amide bonds. The molecule has 0 atom stereocenters. The van der Waals surface area contributed by atoms with E-state index in [2.05, 4.69) is 59.8 Å². The number of halogens is 2. The van der Waals surface area contributed by atoms with Crippen molar-refractivity contribution in [3.8, 4) is 0 Å². The van der Waals surface area contributed by atoms with Gasteiger partial charge in [0.15, 0.2) is 0 Å². The van der Waals surface area contributed by atoms with E-state index in [1.165, 1.54) is 5.70 Å². The summed E-state index contributed by atoms with van der Waals surface area (Å²) in [6.07, 6.45) is 2.13. The van der Waals surface area contributed by atoms with Gasteiger partial charge < -0.3 is 4.90 Å². The lowest BCUT2D eigenvalue weighted by atomic mass is 10.3. The number of nitrogens with zero attached hydrogens (tertiary/aromatic N) is 3. The standard InChI is InChI=1S/C12H11Br2N3/c1-8-7-17(12-15-5-6-16(8)12)11-9(13)3-2-4-10(11)14/h2-4,7H,5-6H2,1H3. The highest BCUT2D eigenvalue weighted by atomic mass is 79.9. The van der Waals surface area contributed by atoms with Crippen molar-refractivity contribution in [3.63, 3.8) is 0 Å². The zero-order valence-corrected chi connectivity index (χ0v) is 12.5. The predicted octanol–water partition coefficient (Wildman–Crippen LogP) is 3.56. The molecule has 0 spiro atoms. The van der Waals surface area contributed by atoms with Crippen LogP contribution in [0.3, 0.4) is 0 Å². The molecule has 0 unspecified atom stereocenters. The summed E-state index contributed by atoms with van der Waals surface area (Å²) in [4.78, 5) is 8.94. The quantitative estimate of drug-likeness (QED) is 0.766. The Morgan fingerprint density at radius 2 is 1.94 bits per heavy atom. The monoisotopic (exact) mass is 355 g/mol. The molecule has 17 heavy (non-hydrogen) atoms. The number of hydrogen-bond donors (Lipinski definition) is 0. The average Bonchev–Trinajstić information content (AvgIpc) is 2.84. The van der Waals surface area contributed by atoms with Crippen molar-refractivity contribution in [1.29, 1.82) is 0 Å². The van der Waals surface area contributed by atoms with Gasteiger partial charge in [-0.3, -0.25) is 9.89 Å². The van der Waals surface area contributed by atoms with Crippen molar-refractivity contribution in [1.82, 2.24) is 4.90 Å². The second kappa shape index (κ2) is 4.14. The van der Waals surface area contributed by atoms with Crippen molar-refractivity contribution in [2.45, 2.75) is 6.92 Å². The van der Waals surface area contributed by atoms with Gasteiger partial charge in [0.25, 0.3) is 0 Å². The van der Waals surface area contributed by atoms with Gasteiger partial charge in [-0.15, -0.1) is 0 Å². The van der Waals surface area contributed by atoms with Crippen LogP contribution in [0.5, 0.6) is 0 Å². The van der Waals surface area contributed by atoms with Crippen molar-refractivity contribution in [2.75, 3.05) is 18.0 Å². The minimum Gasteiger partial charge on any atom is -0.313 e. The van der Waals surface area contributed by atoms with Gasteiger partial charge in [-0.25, -0.2) is 0 Å². The number of rotatable bonds is 1. The van der Waals surface area contributed by atoms with E-state index in [9.17, 15) is 0 Å². The zero-order chi connectivity index (χ0) is 12.0. The molecule has 3 rings (SSSR count). The van der Waals surface area contributed by atoms with E-state index in [1.807, 2.05) is 18.2 Å². The average molecular weight is 357 g/mol. The lowest BCUT2D eigenvalue weighted by molar-refractivity contribution is 0.572. The fourth-order valence-corrected chi connectivity index (χ4v) is 3.55. The minimum atomic E-state index is 0.874. The first-order chi connectivity index (χ1) is 8.18. The van der Waals surface area contributed by atoms with Crippen LogP contribution >= 0.6 is 31.9 Å². The normalized spacial score (nSPS) is 18.3. The number of hydrogen-bond acceptors (Lipinski definition) is 3. The molecule has 0 saturated carbocycles. The minimum absolute atomic E-state index is 0.874. The number of allylic oxidation sites excluding steroid dienone is 1. The number of aliphatic imine (C=N–C) groups is 1. The summed E-state index contributed by atoms with van der Waals surface area (Å²) >= 11 is 7.20. The summed E-state index contributed by atoms with van der Waals surface area (Å²) in [5.74, 6) is 1.02. The van der Waals surface area contributed by atoms with E-state index in [1.54, 1.807) is 0 Å². The molecule has 0 bridgehead atoms. The molecule has 2 aliphatic heterocycles. The summed E-state index contributed by atoms with van der Waals surface area (Å²) in [5, 5.41) is 0. The number of benzene rings is 1. The molecule has 0 aliphatic carbocycles. The maximum atomic E-state index is 4.56. The molecule has 1 aromatic carbocycles. The SMILES string of the molecule is CC1=CN(c2c(Br)cccc2Br)C2=NCCN12. The van der Waals surface area contributed by atoms with E-state index in [-0.39, 0.29) is 0 Å². The Hall–Kier alpha value is -0.810. The number of guanidine groups is 1. The van der Waals surface area contributed by atoms with Crippen LogP contribution in [0.25, 0.3) is 0 Å². The molecule has 5 heteroatoms. The Labute approximate surface area is 117 Å². The molecule has 3 nitrogen and oxygen atoms in total. The fourth-order valence-electron chi connectivity index (χ4n) is 2.17. The summed E-state index contributed by atoms with van der Waals surface area (Å²) < 4.78 is 2.12. The molecule has 0 radical (unpaired) electrons. The zero-order valence-electron chi connectivity index (χ0n) is 9.32. The van der Waals surface area contributed by atoms with Crippen molar-refractivity contribution < 1.29 is 0 Å². The molecule has 0 aromatic heterocycles. The van der Waals surface area contributed by atoms with E-state index in [0.717, 1.165) is 33.7 Å². The van der Waals surface area contributed by atoms with Gasteiger partial charge >= 0.3 is 0 Å². The first-order valence-electron chi connectivity index (χ1n) is 5.42. The summed E-state index contributed by atoms with van der Waals surface area (Å²) in [5.41, 5.74) is 2.35. The van der Waals surface area contributed by atoms with Crippen molar-refractivity contribution in [3.05, 3.63) is 39.0 Å². The fraction of sp³-hybridized carbons (Fsp3) is 0.250. The Kier molecular flexibility index (Phi) is 2.75. The van der Waals surface area contributed by atoms with Crippen molar-refractivity contribution >= 4 is 43.5 Å². The van der Waals surface area contributed by atoms with Crippen LogP contribution in [-0.4, -0.2) is 23.9 Å². The highest BCUT2D eigenvalue weighted by molar-refractivity contribution is 9.11. The van der Waals surface area contributed by atoms with Gasteiger partial charge in [0, 0.05) is 27.4 Å². The maximum absolute atomic E-state index is 4.56. The van der Waals surface area contributed by atoms with Gasteiger partial charge in [0.2, 0.25) is 5.96 Å². The second-order valence-electron chi connectivity index (χ2n) is 4.04. The highest BCUT2D eigenvalue weighted by Crippen LogP contribution is 2.38. The molecule has 0 N–H and O–H groups in total. The van der Waals surface area contributed by atoms with Crippen LogP contribution < -0.4 is 4.90 Å². The summed E-state index contributed by atoms with van der Waals surface area (Å²) in [7, 11) is 0. The third-order valence-electron chi connectivity index (χ3n) is 2.95. The third-order valence-corrected chi connectivity index (χ3v) is 4.23. The first-order valence-corrected chi connectivity index (χ1v) is 7.01. The van der Waals surface area contributed by atoms with E-state index >= 15 is 0 Å². The highest BCUT2D eigenvalue weighted by Gasteiger charge is 2.31. The Bertz CT molecular complexity index is 516. The van der Waals surface area contributed by atoms with Gasteiger partial charge in [-0.2, -0.15) is 0 Å². The molecular weight excluding hydrogens is 346 g/mol. The number of anilines is 1. The van der Waals surface area contributed by atoms with E-state index in [0.29, 0.717) is 0 Å². The van der Waals surface area contributed by atoms with Crippen LogP contribution in [0.2, 0.25) is 0 Å². The smallest absolute Gasteiger partial charge is 0.209 e.